The Morgan fingerprint density at radius 3 is 2.95 bits per heavy atom. The lowest BCUT2D eigenvalue weighted by atomic mass is 9.99. The number of fused-ring (bicyclic) bond motifs is 1. The van der Waals surface area contributed by atoms with Gasteiger partial charge in [-0.1, -0.05) is 6.42 Å². The smallest absolute Gasteiger partial charge is 0.259 e. The number of aromatic nitrogens is 1. The molecule has 108 valence electrons. The molecule has 0 radical (unpaired) electrons. The van der Waals surface area contributed by atoms with Crippen LogP contribution in [0.2, 0.25) is 0 Å². The Morgan fingerprint density at radius 2 is 2.15 bits per heavy atom. The van der Waals surface area contributed by atoms with Crippen molar-refractivity contribution in [3.05, 3.63) is 33.7 Å². The van der Waals surface area contributed by atoms with Crippen molar-refractivity contribution in [2.45, 2.75) is 32.2 Å². The number of hydrogen-bond donors (Lipinski definition) is 1. The molecular weight excluding hydrogens is 254 g/mol. The van der Waals surface area contributed by atoms with Gasteiger partial charge in [-0.2, -0.15) is 0 Å². The van der Waals surface area contributed by atoms with E-state index in [0.717, 1.165) is 38.3 Å². The molecule has 1 unspecified atom stereocenters. The van der Waals surface area contributed by atoms with E-state index in [1.807, 2.05) is 11.8 Å². The van der Waals surface area contributed by atoms with Crippen LogP contribution in [0.3, 0.4) is 0 Å². The van der Waals surface area contributed by atoms with Crippen LogP contribution in [0.25, 0.3) is 0 Å². The van der Waals surface area contributed by atoms with Gasteiger partial charge in [0.25, 0.3) is 5.91 Å². The van der Waals surface area contributed by atoms with Crippen LogP contribution >= 0.6 is 0 Å². The summed E-state index contributed by atoms with van der Waals surface area (Å²) >= 11 is 0. The predicted octanol–water partition coefficient (Wildman–Crippen LogP) is 0.994. The molecule has 5 heteroatoms. The number of nitrogens with zero attached hydrogens (tertiary/aromatic N) is 2. The summed E-state index contributed by atoms with van der Waals surface area (Å²) in [6.07, 6.45) is 5.22. The third-order valence-corrected chi connectivity index (χ3v) is 4.41. The number of amides is 1. The summed E-state index contributed by atoms with van der Waals surface area (Å²) in [5.41, 5.74) is 0.862. The standard InChI is InChI=1S/C15H21N3O2/c1-11-8-14(19)13(9-16-11)15(20)18-7-6-17-5-3-2-4-12(17)10-18/h8-9,12H,2-7,10H2,1H3,(H,16,19). The molecule has 1 aromatic heterocycles. The van der Waals surface area contributed by atoms with Crippen LogP contribution in [0.5, 0.6) is 0 Å². The first-order valence-electron chi connectivity index (χ1n) is 7.38. The molecule has 2 aliphatic heterocycles. The first-order valence-corrected chi connectivity index (χ1v) is 7.38. The topological polar surface area (TPSA) is 56.4 Å². The Morgan fingerprint density at radius 1 is 1.30 bits per heavy atom. The number of nitrogens with one attached hydrogen (secondary N) is 1. The SMILES string of the molecule is Cc1cc(=O)c(C(=O)N2CCN3CCCCC3C2)c[nH]1. The number of aromatic amines is 1. The lowest BCUT2D eigenvalue weighted by Crippen LogP contribution is -2.56. The minimum absolute atomic E-state index is 0.128. The second kappa shape index (κ2) is 5.40. The minimum atomic E-state index is -0.183. The number of carbonyl (C=O) groups excluding carboxylic acids is 1. The van der Waals surface area contributed by atoms with Gasteiger partial charge in [0.1, 0.15) is 5.56 Å². The third-order valence-electron chi connectivity index (χ3n) is 4.41. The zero-order chi connectivity index (χ0) is 14.1. The molecule has 5 nitrogen and oxygen atoms in total. The van der Waals surface area contributed by atoms with Crippen LogP contribution in [0, 0.1) is 6.92 Å². The van der Waals surface area contributed by atoms with Crippen molar-refractivity contribution in [2.75, 3.05) is 26.2 Å². The van der Waals surface area contributed by atoms with E-state index in [9.17, 15) is 9.59 Å². The molecule has 2 saturated heterocycles. The monoisotopic (exact) mass is 275 g/mol. The lowest BCUT2D eigenvalue weighted by Gasteiger charge is -2.43. The number of aryl methyl sites for hydroxylation is 1. The molecule has 0 saturated carbocycles. The van der Waals surface area contributed by atoms with Crippen molar-refractivity contribution >= 4 is 5.91 Å². The Hall–Kier alpha value is -1.62. The number of rotatable bonds is 1. The number of pyridine rings is 1. The van der Waals surface area contributed by atoms with Gasteiger partial charge < -0.3 is 9.88 Å². The molecule has 1 N–H and O–H groups in total. The molecule has 1 aromatic rings. The van der Waals surface area contributed by atoms with E-state index in [-0.39, 0.29) is 16.9 Å². The molecule has 0 bridgehead atoms. The molecule has 3 heterocycles. The van der Waals surface area contributed by atoms with Crippen LogP contribution in [0.15, 0.2) is 17.1 Å². The first kappa shape index (κ1) is 13.4. The summed E-state index contributed by atoms with van der Waals surface area (Å²) in [7, 11) is 0. The number of piperidine rings is 1. The van der Waals surface area contributed by atoms with Gasteiger partial charge in [0.05, 0.1) is 0 Å². The Kier molecular flexibility index (Phi) is 3.61. The summed E-state index contributed by atoms with van der Waals surface area (Å²) in [5.74, 6) is -0.128. The van der Waals surface area contributed by atoms with Gasteiger partial charge in [0, 0.05) is 43.6 Å². The Balaban J connectivity index is 1.76. The quantitative estimate of drug-likeness (QED) is 0.831. The average molecular weight is 275 g/mol. The molecule has 2 fully saturated rings. The van der Waals surface area contributed by atoms with Gasteiger partial charge >= 0.3 is 0 Å². The number of H-pyrrole nitrogens is 1. The van der Waals surface area contributed by atoms with Gasteiger partial charge in [-0.25, -0.2) is 0 Å². The maximum atomic E-state index is 12.5. The highest BCUT2D eigenvalue weighted by Crippen LogP contribution is 2.21. The highest BCUT2D eigenvalue weighted by atomic mass is 16.2. The van der Waals surface area contributed by atoms with E-state index in [0.29, 0.717) is 6.04 Å². The van der Waals surface area contributed by atoms with Crippen molar-refractivity contribution in [1.29, 1.82) is 0 Å². The molecular formula is C15H21N3O2. The molecule has 20 heavy (non-hydrogen) atoms. The van der Waals surface area contributed by atoms with Crippen LogP contribution in [-0.4, -0.2) is 52.9 Å². The van der Waals surface area contributed by atoms with Gasteiger partial charge in [-0.15, -0.1) is 0 Å². The zero-order valence-corrected chi connectivity index (χ0v) is 11.9. The minimum Gasteiger partial charge on any atom is -0.364 e. The van der Waals surface area contributed by atoms with Gasteiger partial charge in [-0.3, -0.25) is 14.5 Å². The number of piperazine rings is 1. The van der Waals surface area contributed by atoms with E-state index in [1.54, 1.807) is 6.20 Å². The molecule has 0 aliphatic carbocycles. The van der Waals surface area contributed by atoms with Gasteiger partial charge in [0.2, 0.25) is 0 Å². The van der Waals surface area contributed by atoms with Crippen LogP contribution in [0.4, 0.5) is 0 Å². The number of carbonyl (C=O) groups is 1. The van der Waals surface area contributed by atoms with Gasteiger partial charge in [0.15, 0.2) is 5.43 Å². The van der Waals surface area contributed by atoms with Crippen LogP contribution in [0.1, 0.15) is 35.3 Å². The lowest BCUT2D eigenvalue weighted by molar-refractivity contribution is 0.0371. The van der Waals surface area contributed by atoms with E-state index in [4.69, 9.17) is 0 Å². The van der Waals surface area contributed by atoms with E-state index in [2.05, 4.69) is 9.88 Å². The fraction of sp³-hybridized carbons (Fsp3) is 0.600. The fourth-order valence-electron chi connectivity index (χ4n) is 3.25. The normalized spacial score (nSPS) is 23.4. The first-order chi connectivity index (χ1) is 9.65. The average Bonchev–Trinajstić information content (AvgIpc) is 2.46. The fourth-order valence-corrected chi connectivity index (χ4v) is 3.25. The summed E-state index contributed by atoms with van der Waals surface area (Å²) in [6.45, 7) is 5.38. The van der Waals surface area contributed by atoms with Crippen LogP contribution in [-0.2, 0) is 0 Å². The van der Waals surface area contributed by atoms with Crippen molar-refractivity contribution in [2.24, 2.45) is 0 Å². The summed E-state index contributed by atoms with van der Waals surface area (Å²) in [4.78, 5) is 31.7. The van der Waals surface area contributed by atoms with E-state index < -0.39 is 0 Å². The predicted molar refractivity (Wildman–Crippen MR) is 76.9 cm³/mol. The molecule has 1 amide bonds. The maximum absolute atomic E-state index is 12.5. The molecule has 3 rings (SSSR count). The number of hydrogen-bond acceptors (Lipinski definition) is 3. The molecule has 1 atom stereocenters. The molecule has 0 aromatic carbocycles. The van der Waals surface area contributed by atoms with Crippen molar-refractivity contribution in [1.82, 2.24) is 14.8 Å². The van der Waals surface area contributed by atoms with Crippen molar-refractivity contribution in [3.8, 4) is 0 Å². The van der Waals surface area contributed by atoms with Crippen molar-refractivity contribution < 1.29 is 4.79 Å². The summed E-state index contributed by atoms with van der Waals surface area (Å²) in [6, 6.07) is 1.97. The summed E-state index contributed by atoms with van der Waals surface area (Å²) < 4.78 is 0. The Labute approximate surface area is 118 Å². The second-order valence-electron chi connectivity index (χ2n) is 5.83. The Bertz CT molecular complexity index is 566. The van der Waals surface area contributed by atoms with Gasteiger partial charge in [-0.05, 0) is 26.3 Å². The third kappa shape index (κ3) is 2.50. The van der Waals surface area contributed by atoms with E-state index >= 15 is 0 Å². The highest BCUT2D eigenvalue weighted by molar-refractivity contribution is 5.93. The molecule has 2 aliphatic rings. The van der Waals surface area contributed by atoms with Crippen LogP contribution < -0.4 is 5.43 Å². The zero-order valence-electron chi connectivity index (χ0n) is 11.9. The van der Waals surface area contributed by atoms with Crippen molar-refractivity contribution in [3.63, 3.8) is 0 Å². The maximum Gasteiger partial charge on any atom is 0.259 e. The second-order valence-corrected chi connectivity index (χ2v) is 5.83. The highest BCUT2D eigenvalue weighted by Gasteiger charge is 2.31. The summed E-state index contributed by atoms with van der Waals surface area (Å²) in [5, 5.41) is 0. The largest absolute Gasteiger partial charge is 0.364 e. The molecule has 0 spiro atoms. The van der Waals surface area contributed by atoms with E-state index in [1.165, 1.54) is 18.9 Å².